The molecule has 0 radical (unpaired) electrons. The monoisotopic (exact) mass is 358 g/mol. The van der Waals surface area contributed by atoms with E-state index in [0.29, 0.717) is 23.9 Å². The van der Waals surface area contributed by atoms with E-state index < -0.39 is 5.25 Å². The third-order valence-corrected chi connectivity index (χ3v) is 5.98. The lowest BCUT2D eigenvalue weighted by Crippen LogP contribution is -2.37. The summed E-state index contributed by atoms with van der Waals surface area (Å²) in [6.45, 7) is 3.33. The average molecular weight is 358 g/mol. The molecule has 2 aromatic carbocycles. The summed E-state index contributed by atoms with van der Waals surface area (Å²) < 4.78 is 14.1. The maximum Gasteiger partial charge on any atom is 0.240 e. The fourth-order valence-corrected chi connectivity index (χ4v) is 4.45. The van der Waals surface area contributed by atoms with Crippen LogP contribution in [0.3, 0.4) is 0 Å². The topological polar surface area (TPSA) is 46.3 Å². The van der Waals surface area contributed by atoms with Crippen molar-refractivity contribution >= 4 is 17.7 Å². The van der Waals surface area contributed by atoms with Crippen LogP contribution in [0, 0.1) is 11.7 Å². The molecule has 132 valence electrons. The van der Waals surface area contributed by atoms with Gasteiger partial charge in [-0.15, -0.1) is 11.8 Å². The Kier molecular flexibility index (Phi) is 5.76. The second-order valence-electron chi connectivity index (χ2n) is 6.52. The predicted octanol–water partition coefficient (Wildman–Crippen LogP) is 3.85. The number of carbonyl (C=O) groups is 1. The lowest BCUT2D eigenvalue weighted by Gasteiger charge is -2.27. The van der Waals surface area contributed by atoms with Crippen LogP contribution in [0.4, 0.5) is 4.39 Å². The van der Waals surface area contributed by atoms with E-state index >= 15 is 0 Å². The van der Waals surface area contributed by atoms with Crippen molar-refractivity contribution in [2.45, 2.75) is 29.5 Å². The highest BCUT2D eigenvalue weighted by molar-refractivity contribution is 8.00. The molecule has 1 aliphatic rings. The number of likely N-dealkylation sites (tertiary alicyclic amines) is 1. The quantitative estimate of drug-likeness (QED) is 0.826. The molecule has 2 aromatic rings. The fourth-order valence-electron chi connectivity index (χ4n) is 3.33. The molecule has 0 bridgehead atoms. The van der Waals surface area contributed by atoms with Crippen molar-refractivity contribution in [2.75, 3.05) is 13.1 Å². The van der Waals surface area contributed by atoms with Gasteiger partial charge in [-0.3, -0.25) is 4.79 Å². The van der Waals surface area contributed by atoms with Crippen LogP contribution in [-0.2, 0) is 4.79 Å². The van der Waals surface area contributed by atoms with Crippen LogP contribution in [0.25, 0.3) is 0 Å². The summed E-state index contributed by atoms with van der Waals surface area (Å²) in [7, 11) is 0. The van der Waals surface area contributed by atoms with Crippen LogP contribution in [0.5, 0.6) is 0 Å². The lowest BCUT2D eigenvalue weighted by molar-refractivity contribution is -0.131. The number of amides is 1. The second kappa shape index (κ2) is 8.02. The van der Waals surface area contributed by atoms with E-state index in [1.807, 2.05) is 35.2 Å². The van der Waals surface area contributed by atoms with Gasteiger partial charge in [0, 0.05) is 17.5 Å². The molecular weight excluding hydrogens is 335 g/mol. The first-order valence-corrected chi connectivity index (χ1v) is 9.44. The van der Waals surface area contributed by atoms with Gasteiger partial charge in [-0.1, -0.05) is 42.5 Å². The standard InChI is InChI=1S/C20H23FN2OS/c1-14-11-15(12-22)13-23(14)20(24)19(16-7-3-2-4-8-16)25-18-10-6-5-9-17(18)21/h2-10,14-15,19H,11-13,22H2,1H3. The van der Waals surface area contributed by atoms with Crippen molar-refractivity contribution in [3.63, 3.8) is 0 Å². The molecule has 25 heavy (non-hydrogen) atoms. The Bertz CT molecular complexity index is 725. The number of halogens is 1. The first kappa shape index (κ1) is 18.0. The normalized spacial score (nSPS) is 21.3. The Balaban J connectivity index is 1.89. The molecule has 5 heteroatoms. The molecule has 1 amide bonds. The Morgan fingerprint density at radius 3 is 2.56 bits per heavy atom. The van der Waals surface area contributed by atoms with Crippen LogP contribution in [-0.4, -0.2) is 29.9 Å². The van der Waals surface area contributed by atoms with Gasteiger partial charge < -0.3 is 10.6 Å². The largest absolute Gasteiger partial charge is 0.338 e. The van der Waals surface area contributed by atoms with E-state index in [-0.39, 0.29) is 17.8 Å². The smallest absolute Gasteiger partial charge is 0.240 e. The molecule has 3 nitrogen and oxygen atoms in total. The van der Waals surface area contributed by atoms with Gasteiger partial charge in [-0.05, 0) is 43.5 Å². The van der Waals surface area contributed by atoms with E-state index in [2.05, 4.69) is 6.92 Å². The Morgan fingerprint density at radius 1 is 1.24 bits per heavy atom. The first-order valence-electron chi connectivity index (χ1n) is 8.56. The highest BCUT2D eigenvalue weighted by atomic mass is 32.2. The minimum Gasteiger partial charge on any atom is -0.338 e. The van der Waals surface area contributed by atoms with Gasteiger partial charge in [0.05, 0.1) is 0 Å². The molecule has 3 unspecified atom stereocenters. The molecule has 3 atom stereocenters. The second-order valence-corrected chi connectivity index (χ2v) is 7.66. The fraction of sp³-hybridized carbons (Fsp3) is 0.350. The molecule has 0 aromatic heterocycles. The Labute approximate surface area is 152 Å². The Hall–Kier alpha value is -1.85. The molecule has 0 aliphatic carbocycles. The molecule has 1 saturated heterocycles. The maximum absolute atomic E-state index is 14.1. The van der Waals surface area contributed by atoms with Crippen molar-refractivity contribution in [1.82, 2.24) is 4.90 Å². The minimum absolute atomic E-state index is 0.0305. The maximum atomic E-state index is 14.1. The van der Waals surface area contributed by atoms with E-state index in [4.69, 9.17) is 5.73 Å². The van der Waals surface area contributed by atoms with E-state index in [1.165, 1.54) is 17.8 Å². The molecular formula is C20H23FN2OS. The van der Waals surface area contributed by atoms with E-state index in [1.54, 1.807) is 18.2 Å². The summed E-state index contributed by atoms with van der Waals surface area (Å²) in [6, 6.07) is 16.4. The van der Waals surface area contributed by atoms with Gasteiger partial charge >= 0.3 is 0 Å². The van der Waals surface area contributed by atoms with E-state index in [0.717, 1.165) is 12.0 Å². The summed E-state index contributed by atoms with van der Waals surface area (Å²) in [6.07, 6.45) is 0.925. The van der Waals surface area contributed by atoms with Gasteiger partial charge in [0.15, 0.2) is 0 Å². The number of hydrogen-bond donors (Lipinski definition) is 1. The number of benzene rings is 2. The molecule has 3 rings (SSSR count). The third-order valence-electron chi connectivity index (χ3n) is 4.69. The summed E-state index contributed by atoms with van der Waals surface area (Å²) in [5.74, 6) is 0.0762. The van der Waals surface area contributed by atoms with Gasteiger partial charge in [0.2, 0.25) is 5.91 Å². The van der Waals surface area contributed by atoms with Crippen molar-refractivity contribution in [2.24, 2.45) is 11.7 Å². The SMILES string of the molecule is CC1CC(CN)CN1C(=O)C(Sc1ccccc1F)c1ccccc1. The minimum atomic E-state index is -0.461. The number of rotatable bonds is 5. The molecule has 0 saturated carbocycles. The Morgan fingerprint density at radius 2 is 1.92 bits per heavy atom. The van der Waals surface area contributed by atoms with Gasteiger partial charge in [-0.25, -0.2) is 4.39 Å². The van der Waals surface area contributed by atoms with Gasteiger partial charge in [-0.2, -0.15) is 0 Å². The summed E-state index contributed by atoms with van der Waals surface area (Å²) in [4.78, 5) is 15.7. The number of nitrogens with two attached hydrogens (primary N) is 1. The number of thioether (sulfide) groups is 1. The zero-order valence-corrected chi connectivity index (χ0v) is 15.1. The van der Waals surface area contributed by atoms with Crippen LogP contribution in [0.2, 0.25) is 0 Å². The van der Waals surface area contributed by atoms with Crippen LogP contribution in [0.1, 0.15) is 24.2 Å². The number of nitrogens with zero attached hydrogens (tertiary/aromatic N) is 1. The number of carbonyl (C=O) groups excluding carboxylic acids is 1. The highest BCUT2D eigenvalue weighted by Crippen LogP contribution is 2.39. The molecule has 1 heterocycles. The van der Waals surface area contributed by atoms with Crippen LogP contribution < -0.4 is 5.73 Å². The van der Waals surface area contributed by atoms with Crippen molar-refractivity contribution in [3.8, 4) is 0 Å². The highest BCUT2D eigenvalue weighted by Gasteiger charge is 2.36. The van der Waals surface area contributed by atoms with Crippen molar-refractivity contribution < 1.29 is 9.18 Å². The zero-order chi connectivity index (χ0) is 17.8. The van der Waals surface area contributed by atoms with Crippen molar-refractivity contribution in [1.29, 1.82) is 0 Å². The van der Waals surface area contributed by atoms with Gasteiger partial charge in [0.25, 0.3) is 0 Å². The summed E-state index contributed by atoms with van der Waals surface area (Å²) >= 11 is 1.28. The van der Waals surface area contributed by atoms with Crippen LogP contribution in [0.15, 0.2) is 59.5 Å². The zero-order valence-electron chi connectivity index (χ0n) is 14.3. The number of hydrogen-bond acceptors (Lipinski definition) is 3. The first-order chi connectivity index (χ1) is 12.1. The summed E-state index contributed by atoms with van der Waals surface area (Å²) in [5, 5.41) is -0.461. The van der Waals surface area contributed by atoms with E-state index in [9.17, 15) is 9.18 Å². The van der Waals surface area contributed by atoms with Crippen LogP contribution >= 0.6 is 11.8 Å². The average Bonchev–Trinajstić information content (AvgIpc) is 3.02. The van der Waals surface area contributed by atoms with Crippen molar-refractivity contribution in [3.05, 3.63) is 66.0 Å². The molecule has 0 spiro atoms. The predicted molar refractivity (Wildman–Crippen MR) is 99.8 cm³/mol. The molecule has 1 aliphatic heterocycles. The molecule has 2 N–H and O–H groups in total. The third kappa shape index (κ3) is 4.05. The molecule has 1 fully saturated rings. The summed E-state index contributed by atoms with van der Waals surface area (Å²) in [5.41, 5.74) is 6.69. The van der Waals surface area contributed by atoms with Gasteiger partial charge in [0.1, 0.15) is 11.1 Å². The lowest BCUT2D eigenvalue weighted by atomic mass is 10.1.